The number of phenolic OH excluding ortho intramolecular Hbond substituents is 1. The molecule has 4 heteroatoms. The van der Waals surface area contributed by atoms with E-state index in [9.17, 15) is 9.90 Å². The van der Waals surface area contributed by atoms with Crippen molar-refractivity contribution >= 4 is 5.91 Å². The topological polar surface area (TPSA) is 52.6 Å². The van der Waals surface area contributed by atoms with Gasteiger partial charge in [0.15, 0.2) is 0 Å². The van der Waals surface area contributed by atoms with Gasteiger partial charge in [0.25, 0.3) is 0 Å². The Bertz CT molecular complexity index is 379. The molecule has 0 spiro atoms. The zero-order valence-electron chi connectivity index (χ0n) is 9.15. The zero-order valence-corrected chi connectivity index (χ0v) is 9.15. The van der Waals surface area contributed by atoms with Crippen LogP contribution in [0, 0.1) is 0 Å². The Balaban J connectivity index is 2.08. The van der Waals surface area contributed by atoms with E-state index in [-0.39, 0.29) is 11.7 Å². The summed E-state index contributed by atoms with van der Waals surface area (Å²) >= 11 is 0. The highest BCUT2D eigenvalue weighted by molar-refractivity contribution is 5.78. The maximum absolute atomic E-state index is 11.7. The van der Waals surface area contributed by atoms with Crippen molar-refractivity contribution in [1.82, 2.24) is 10.2 Å². The van der Waals surface area contributed by atoms with E-state index in [4.69, 9.17) is 0 Å². The van der Waals surface area contributed by atoms with Gasteiger partial charge in [-0.25, -0.2) is 0 Å². The van der Waals surface area contributed by atoms with Gasteiger partial charge in [-0.1, -0.05) is 18.2 Å². The van der Waals surface area contributed by atoms with E-state index in [0.717, 1.165) is 25.1 Å². The number of phenols is 1. The van der Waals surface area contributed by atoms with Crippen LogP contribution in [-0.2, 0) is 11.3 Å². The molecule has 1 aliphatic rings. The molecule has 0 aliphatic carbocycles. The third kappa shape index (κ3) is 2.52. The van der Waals surface area contributed by atoms with E-state index in [1.807, 2.05) is 12.1 Å². The molecule has 1 saturated heterocycles. The number of rotatable bonds is 2. The molecule has 1 aliphatic heterocycles. The second-order valence-electron chi connectivity index (χ2n) is 3.97. The van der Waals surface area contributed by atoms with Crippen molar-refractivity contribution < 1.29 is 9.90 Å². The number of carbonyl (C=O) groups is 1. The van der Waals surface area contributed by atoms with Crippen molar-refractivity contribution in [2.75, 3.05) is 19.6 Å². The van der Waals surface area contributed by atoms with Crippen LogP contribution in [0.3, 0.4) is 0 Å². The standard InChI is InChI=1S/C12H16N2O2/c15-11-5-2-1-4-10(11)9-14-7-3-6-13-8-12(14)16/h1-2,4-5,13,15H,3,6-9H2. The fourth-order valence-electron chi connectivity index (χ4n) is 1.84. The van der Waals surface area contributed by atoms with Gasteiger partial charge in [0, 0.05) is 18.7 Å². The third-order valence-corrected chi connectivity index (χ3v) is 2.76. The SMILES string of the molecule is O=C1CNCCCN1Cc1ccccc1O. The number of carbonyl (C=O) groups excluding carboxylic acids is 1. The summed E-state index contributed by atoms with van der Waals surface area (Å²) in [5.74, 6) is 0.355. The number of amides is 1. The van der Waals surface area contributed by atoms with Gasteiger partial charge in [-0.3, -0.25) is 4.79 Å². The van der Waals surface area contributed by atoms with Gasteiger partial charge in [0.2, 0.25) is 5.91 Å². The van der Waals surface area contributed by atoms with Crippen LogP contribution in [0.1, 0.15) is 12.0 Å². The first-order valence-electron chi connectivity index (χ1n) is 5.53. The van der Waals surface area contributed by atoms with Crippen LogP contribution in [0.4, 0.5) is 0 Å². The van der Waals surface area contributed by atoms with Crippen LogP contribution >= 0.6 is 0 Å². The molecule has 2 rings (SSSR count). The van der Waals surface area contributed by atoms with E-state index >= 15 is 0 Å². The van der Waals surface area contributed by atoms with Gasteiger partial charge in [-0.05, 0) is 19.0 Å². The first-order chi connectivity index (χ1) is 7.77. The fraction of sp³-hybridized carbons (Fsp3) is 0.417. The molecule has 0 saturated carbocycles. The molecule has 0 bridgehead atoms. The summed E-state index contributed by atoms with van der Waals surface area (Å²) < 4.78 is 0. The average Bonchev–Trinajstić information content (AvgIpc) is 2.48. The molecule has 4 nitrogen and oxygen atoms in total. The summed E-state index contributed by atoms with van der Waals surface area (Å²) in [4.78, 5) is 13.5. The van der Waals surface area contributed by atoms with Crippen molar-refractivity contribution in [2.45, 2.75) is 13.0 Å². The Labute approximate surface area is 94.9 Å². The normalized spacial score (nSPS) is 17.2. The summed E-state index contributed by atoms with van der Waals surface area (Å²) in [6.45, 7) is 2.52. The lowest BCUT2D eigenvalue weighted by Gasteiger charge is -2.20. The van der Waals surface area contributed by atoms with Gasteiger partial charge >= 0.3 is 0 Å². The van der Waals surface area contributed by atoms with Gasteiger partial charge in [0.1, 0.15) is 5.75 Å². The molecule has 86 valence electrons. The minimum Gasteiger partial charge on any atom is -0.508 e. The molecule has 1 fully saturated rings. The first-order valence-corrected chi connectivity index (χ1v) is 5.53. The fourth-order valence-corrected chi connectivity index (χ4v) is 1.84. The van der Waals surface area contributed by atoms with Crippen LogP contribution in [0.15, 0.2) is 24.3 Å². The van der Waals surface area contributed by atoms with Gasteiger partial charge in [-0.2, -0.15) is 0 Å². The number of para-hydroxylation sites is 1. The predicted molar refractivity (Wildman–Crippen MR) is 61.0 cm³/mol. The first kappa shape index (κ1) is 11.0. The van der Waals surface area contributed by atoms with E-state index in [2.05, 4.69) is 5.32 Å². The summed E-state index contributed by atoms with van der Waals surface area (Å²) in [5.41, 5.74) is 0.803. The molecule has 1 amide bonds. The van der Waals surface area contributed by atoms with Crippen LogP contribution < -0.4 is 5.32 Å². The predicted octanol–water partition coefficient (Wildman–Crippen LogP) is 0.714. The molecule has 1 heterocycles. The lowest BCUT2D eigenvalue weighted by atomic mass is 10.2. The van der Waals surface area contributed by atoms with Crippen molar-refractivity contribution in [3.05, 3.63) is 29.8 Å². The Hall–Kier alpha value is -1.55. The third-order valence-electron chi connectivity index (χ3n) is 2.76. The van der Waals surface area contributed by atoms with Crippen LogP contribution in [0.5, 0.6) is 5.75 Å². The van der Waals surface area contributed by atoms with Gasteiger partial charge in [-0.15, -0.1) is 0 Å². The van der Waals surface area contributed by atoms with Crippen molar-refractivity contribution in [1.29, 1.82) is 0 Å². The molecule has 1 aromatic rings. The Kier molecular flexibility index (Phi) is 3.41. The number of aromatic hydroxyl groups is 1. The summed E-state index contributed by atoms with van der Waals surface area (Å²) in [5, 5.41) is 12.7. The molecular formula is C12H16N2O2. The van der Waals surface area contributed by atoms with Crippen molar-refractivity contribution in [3.63, 3.8) is 0 Å². The summed E-state index contributed by atoms with van der Waals surface area (Å²) in [7, 11) is 0. The Morgan fingerprint density at radius 1 is 1.38 bits per heavy atom. The molecule has 0 radical (unpaired) electrons. The number of nitrogens with zero attached hydrogens (tertiary/aromatic N) is 1. The van der Waals surface area contributed by atoms with Crippen LogP contribution in [0.2, 0.25) is 0 Å². The maximum atomic E-state index is 11.7. The van der Waals surface area contributed by atoms with Crippen LogP contribution in [0.25, 0.3) is 0 Å². The second-order valence-corrected chi connectivity index (χ2v) is 3.97. The molecule has 0 atom stereocenters. The largest absolute Gasteiger partial charge is 0.508 e. The monoisotopic (exact) mass is 220 g/mol. The van der Waals surface area contributed by atoms with E-state index in [1.165, 1.54) is 0 Å². The van der Waals surface area contributed by atoms with Gasteiger partial charge in [0.05, 0.1) is 6.54 Å². The molecule has 2 N–H and O–H groups in total. The molecule has 0 aromatic heterocycles. The highest BCUT2D eigenvalue weighted by atomic mass is 16.3. The smallest absolute Gasteiger partial charge is 0.236 e. The van der Waals surface area contributed by atoms with Crippen LogP contribution in [-0.4, -0.2) is 35.5 Å². The molecule has 0 unspecified atom stereocenters. The van der Waals surface area contributed by atoms with Crippen molar-refractivity contribution in [2.24, 2.45) is 0 Å². The Morgan fingerprint density at radius 3 is 3.00 bits per heavy atom. The Morgan fingerprint density at radius 2 is 2.19 bits per heavy atom. The highest BCUT2D eigenvalue weighted by Crippen LogP contribution is 2.18. The molecule has 16 heavy (non-hydrogen) atoms. The lowest BCUT2D eigenvalue weighted by Crippen LogP contribution is -2.34. The van der Waals surface area contributed by atoms with E-state index in [1.54, 1.807) is 17.0 Å². The summed E-state index contributed by atoms with van der Waals surface area (Å²) in [6, 6.07) is 7.15. The highest BCUT2D eigenvalue weighted by Gasteiger charge is 2.17. The maximum Gasteiger partial charge on any atom is 0.236 e. The summed E-state index contributed by atoms with van der Waals surface area (Å²) in [6.07, 6.45) is 0.958. The average molecular weight is 220 g/mol. The number of nitrogens with one attached hydrogen (secondary N) is 1. The number of hydrogen-bond acceptors (Lipinski definition) is 3. The minimum absolute atomic E-state index is 0.0979. The number of hydrogen-bond donors (Lipinski definition) is 2. The minimum atomic E-state index is 0.0979. The van der Waals surface area contributed by atoms with Crippen molar-refractivity contribution in [3.8, 4) is 5.75 Å². The second kappa shape index (κ2) is 4.99. The number of benzene rings is 1. The quantitative estimate of drug-likeness (QED) is 0.772. The van der Waals surface area contributed by atoms with E-state index < -0.39 is 0 Å². The molecule has 1 aromatic carbocycles. The van der Waals surface area contributed by atoms with Gasteiger partial charge < -0.3 is 15.3 Å². The van der Waals surface area contributed by atoms with E-state index in [0.29, 0.717) is 13.1 Å². The zero-order chi connectivity index (χ0) is 11.4. The molecular weight excluding hydrogens is 204 g/mol. The lowest BCUT2D eigenvalue weighted by molar-refractivity contribution is -0.130.